The Hall–Kier alpha value is -0.570. The summed E-state index contributed by atoms with van der Waals surface area (Å²) in [5, 5.41) is 0. The molecule has 0 aliphatic heterocycles. The Balaban J connectivity index is 3.77. The van der Waals surface area contributed by atoms with Crippen molar-refractivity contribution in [2.24, 2.45) is 17.6 Å². The van der Waals surface area contributed by atoms with Crippen LogP contribution in [0.15, 0.2) is 0 Å². The molecule has 0 saturated heterocycles. The average molecular weight is 173 g/mol. The van der Waals surface area contributed by atoms with Gasteiger partial charge in [0.05, 0.1) is 6.61 Å². The first-order valence-corrected chi connectivity index (χ1v) is 4.47. The minimum Gasteiger partial charge on any atom is -0.466 e. The summed E-state index contributed by atoms with van der Waals surface area (Å²) in [6.45, 7) is 6.95. The molecular formula is C9H19NO2. The zero-order chi connectivity index (χ0) is 9.56. The van der Waals surface area contributed by atoms with Crippen molar-refractivity contribution in [2.45, 2.75) is 27.2 Å². The Morgan fingerprint density at radius 1 is 1.50 bits per heavy atom. The van der Waals surface area contributed by atoms with Gasteiger partial charge in [-0.3, -0.25) is 4.79 Å². The Morgan fingerprint density at radius 2 is 2.08 bits per heavy atom. The fraction of sp³-hybridized carbons (Fsp3) is 0.889. The van der Waals surface area contributed by atoms with Gasteiger partial charge in [-0.15, -0.1) is 0 Å². The SMILES string of the molecule is CCOC(=O)CC(CN)C(C)C. The third-order valence-electron chi connectivity index (χ3n) is 1.98. The number of rotatable bonds is 5. The smallest absolute Gasteiger partial charge is 0.306 e. The summed E-state index contributed by atoms with van der Waals surface area (Å²) in [4.78, 5) is 11.0. The Morgan fingerprint density at radius 3 is 2.42 bits per heavy atom. The third-order valence-corrected chi connectivity index (χ3v) is 1.98. The summed E-state index contributed by atoms with van der Waals surface area (Å²) in [6.07, 6.45) is 0.446. The molecule has 3 heteroatoms. The lowest BCUT2D eigenvalue weighted by atomic mass is 9.93. The second-order valence-electron chi connectivity index (χ2n) is 3.25. The fourth-order valence-electron chi connectivity index (χ4n) is 1.03. The molecular weight excluding hydrogens is 154 g/mol. The summed E-state index contributed by atoms with van der Waals surface area (Å²) in [7, 11) is 0. The Kier molecular flexibility index (Phi) is 5.72. The van der Waals surface area contributed by atoms with E-state index < -0.39 is 0 Å². The maximum absolute atomic E-state index is 11.0. The van der Waals surface area contributed by atoms with Gasteiger partial charge in [-0.25, -0.2) is 0 Å². The standard InChI is InChI=1S/C9H19NO2/c1-4-12-9(11)5-8(6-10)7(2)3/h7-8H,4-6,10H2,1-3H3. The number of hydrogen-bond donors (Lipinski definition) is 1. The van der Waals surface area contributed by atoms with Gasteiger partial charge >= 0.3 is 5.97 Å². The van der Waals surface area contributed by atoms with E-state index >= 15 is 0 Å². The summed E-state index contributed by atoms with van der Waals surface area (Å²) < 4.78 is 4.83. The van der Waals surface area contributed by atoms with Crippen molar-refractivity contribution in [1.82, 2.24) is 0 Å². The lowest BCUT2D eigenvalue weighted by molar-refractivity contribution is -0.144. The molecule has 1 atom stereocenters. The van der Waals surface area contributed by atoms with Gasteiger partial charge in [0.15, 0.2) is 0 Å². The van der Waals surface area contributed by atoms with Gasteiger partial charge in [-0.05, 0) is 25.3 Å². The molecule has 0 fully saturated rings. The van der Waals surface area contributed by atoms with Crippen LogP contribution >= 0.6 is 0 Å². The highest BCUT2D eigenvalue weighted by Crippen LogP contribution is 2.13. The fourth-order valence-corrected chi connectivity index (χ4v) is 1.03. The van der Waals surface area contributed by atoms with Crippen molar-refractivity contribution in [3.63, 3.8) is 0 Å². The van der Waals surface area contributed by atoms with Crippen molar-refractivity contribution in [1.29, 1.82) is 0 Å². The van der Waals surface area contributed by atoms with Crippen LogP contribution in [0.3, 0.4) is 0 Å². The van der Waals surface area contributed by atoms with Crippen molar-refractivity contribution >= 4 is 5.97 Å². The molecule has 0 aromatic rings. The van der Waals surface area contributed by atoms with Crippen LogP contribution in [0.2, 0.25) is 0 Å². The van der Waals surface area contributed by atoms with E-state index in [9.17, 15) is 4.79 Å². The van der Waals surface area contributed by atoms with Crippen LogP contribution in [0.1, 0.15) is 27.2 Å². The Bertz CT molecular complexity index is 134. The first-order valence-electron chi connectivity index (χ1n) is 4.47. The molecule has 0 aliphatic rings. The van der Waals surface area contributed by atoms with E-state index in [1.165, 1.54) is 0 Å². The summed E-state index contributed by atoms with van der Waals surface area (Å²) in [5.41, 5.74) is 5.51. The minimum atomic E-state index is -0.137. The molecule has 1 unspecified atom stereocenters. The normalized spacial score (nSPS) is 13.1. The van der Waals surface area contributed by atoms with Crippen LogP contribution in [-0.4, -0.2) is 19.1 Å². The van der Waals surface area contributed by atoms with Crippen molar-refractivity contribution < 1.29 is 9.53 Å². The summed E-state index contributed by atoms with van der Waals surface area (Å²) in [5.74, 6) is 0.560. The van der Waals surface area contributed by atoms with Crippen LogP contribution in [0.25, 0.3) is 0 Å². The van der Waals surface area contributed by atoms with Crippen LogP contribution < -0.4 is 5.73 Å². The molecule has 0 spiro atoms. The molecule has 0 heterocycles. The molecule has 0 bridgehead atoms. The van der Waals surface area contributed by atoms with Crippen LogP contribution in [0.4, 0.5) is 0 Å². The van der Waals surface area contributed by atoms with Gasteiger partial charge in [0.2, 0.25) is 0 Å². The lowest BCUT2D eigenvalue weighted by Gasteiger charge is -2.17. The maximum atomic E-state index is 11.0. The molecule has 3 nitrogen and oxygen atoms in total. The van der Waals surface area contributed by atoms with Crippen molar-refractivity contribution in [3.05, 3.63) is 0 Å². The highest BCUT2D eigenvalue weighted by atomic mass is 16.5. The number of esters is 1. The number of carbonyl (C=O) groups excluding carboxylic acids is 1. The van der Waals surface area contributed by atoms with E-state index in [1.54, 1.807) is 0 Å². The van der Waals surface area contributed by atoms with Gasteiger partial charge in [0, 0.05) is 6.42 Å². The summed E-state index contributed by atoms with van der Waals surface area (Å²) >= 11 is 0. The molecule has 0 radical (unpaired) electrons. The van der Waals surface area contributed by atoms with Crippen LogP contribution in [0.5, 0.6) is 0 Å². The lowest BCUT2D eigenvalue weighted by Crippen LogP contribution is -2.23. The average Bonchev–Trinajstić information content (AvgIpc) is 2.00. The molecule has 12 heavy (non-hydrogen) atoms. The topological polar surface area (TPSA) is 52.3 Å². The first kappa shape index (κ1) is 11.4. The zero-order valence-electron chi connectivity index (χ0n) is 8.17. The van der Waals surface area contributed by atoms with E-state index in [2.05, 4.69) is 13.8 Å². The quantitative estimate of drug-likeness (QED) is 0.635. The third kappa shape index (κ3) is 4.34. The highest BCUT2D eigenvalue weighted by Gasteiger charge is 2.16. The van der Waals surface area contributed by atoms with E-state index in [0.29, 0.717) is 25.5 Å². The zero-order valence-corrected chi connectivity index (χ0v) is 8.17. The molecule has 0 amide bonds. The van der Waals surface area contributed by atoms with E-state index in [1.807, 2.05) is 6.92 Å². The second kappa shape index (κ2) is 6.00. The highest BCUT2D eigenvalue weighted by molar-refractivity contribution is 5.69. The van der Waals surface area contributed by atoms with Gasteiger partial charge in [0.1, 0.15) is 0 Å². The van der Waals surface area contributed by atoms with Gasteiger partial charge in [0.25, 0.3) is 0 Å². The molecule has 0 rings (SSSR count). The predicted octanol–water partition coefficient (Wildman–Crippen LogP) is 1.17. The van der Waals surface area contributed by atoms with Gasteiger partial charge in [-0.1, -0.05) is 13.8 Å². The first-order chi connectivity index (χ1) is 5.61. The largest absolute Gasteiger partial charge is 0.466 e. The monoisotopic (exact) mass is 173 g/mol. The number of hydrogen-bond acceptors (Lipinski definition) is 3. The maximum Gasteiger partial charge on any atom is 0.306 e. The summed E-state index contributed by atoms with van der Waals surface area (Å²) in [6, 6.07) is 0. The molecule has 0 saturated carbocycles. The number of ether oxygens (including phenoxy) is 1. The molecule has 0 aliphatic carbocycles. The minimum absolute atomic E-state index is 0.137. The van der Waals surface area contributed by atoms with Crippen LogP contribution in [-0.2, 0) is 9.53 Å². The van der Waals surface area contributed by atoms with Gasteiger partial charge < -0.3 is 10.5 Å². The van der Waals surface area contributed by atoms with E-state index in [0.717, 1.165) is 0 Å². The van der Waals surface area contributed by atoms with Crippen molar-refractivity contribution in [3.8, 4) is 0 Å². The number of nitrogens with two attached hydrogens (primary N) is 1. The molecule has 72 valence electrons. The Labute approximate surface area is 74.3 Å². The number of carbonyl (C=O) groups is 1. The molecule has 0 aromatic carbocycles. The predicted molar refractivity (Wildman–Crippen MR) is 48.6 cm³/mol. The van der Waals surface area contributed by atoms with Crippen molar-refractivity contribution in [2.75, 3.05) is 13.2 Å². The molecule has 2 N–H and O–H groups in total. The van der Waals surface area contributed by atoms with E-state index in [-0.39, 0.29) is 11.9 Å². The van der Waals surface area contributed by atoms with E-state index in [4.69, 9.17) is 10.5 Å². The van der Waals surface area contributed by atoms with Gasteiger partial charge in [-0.2, -0.15) is 0 Å². The van der Waals surface area contributed by atoms with Crippen LogP contribution in [0, 0.1) is 11.8 Å². The molecule has 0 aromatic heterocycles. The second-order valence-corrected chi connectivity index (χ2v) is 3.25.